The molecule has 0 bridgehead atoms. The molecule has 0 spiro atoms. The minimum atomic E-state index is -0.319. The first-order valence-electron chi connectivity index (χ1n) is 15.5. The van der Waals surface area contributed by atoms with Gasteiger partial charge in [0.2, 0.25) is 0 Å². The van der Waals surface area contributed by atoms with Gasteiger partial charge < -0.3 is 5.32 Å². The second-order valence-corrected chi connectivity index (χ2v) is 11.3. The van der Waals surface area contributed by atoms with Crippen molar-refractivity contribution in [2.45, 2.75) is 26.4 Å². The van der Waals surface area contributed by atoms with E-state index >= 15 is 0 Å². The molecule has 6 rings (SSSR count). The number of fused-ring (bicyclic) bond motifs is 3. The van der Waals surface area contributed by atoms with Gasteiger partial charge in [-0.2, -0.15) is 0 Å². The van der Waals surface area contributed by atoms with E-state index in [0.29, 0.717) is 0 Å². The summed E-state index contributed by atoms with van der Waals surface area (Å²) >= 11 is 0. The van der Waals surface area contributed by atoms with Crippen molar-refractivity contribution in [2.24, 2.45) is 4.99 Å². The molecule has 2 heteroatoms. The van der Waals surface area contributed by atoms with Gasteiger partial charge >= 0.3 is 0 Å². The number of nitrogens with zero attached hydrogens (tertiary/aromatic N) is 1. The molecule has 45 heavy (non-hydrogen) atoms. The fraction of sp³-hybridized carbons (Fsp3) is 0.0930. The molecular formula is C43H38N2. The van der Waals surface area contributed by atoms with Crippen molar-refractivity contribution in [2.75, 3.05) is 0 Å². The van der Waals surface area contributed by atoms with Crippen molar-refractivity contribution in [1.82, 2.24) is 5.32 Å². The van der Waals surface area contributed by atoms with Crippen molar-refractivity contribution < 1.29 is 0 Å². The number of aliphatic imine (C=N–C) groups is 1. The lowest BCUT2D eigenvalue weighted by molar-refractivity contribution is 0.675. The zero-order valence-electron chi connectivity index (χ0n) is 25.9. The Morgan fingerprint density at radius 1 is 0.711 bits per heavy atom. The first-order valence-corrected chi connectivity index (χ1v) is 15.5. The largest absolute Gasteiger partial charge is 0.360 e. The molecule has 0 saturated carbocycles. The van der Waals surface area contributed by atoms with Crippen LogP contribution in [0.1, 0.15) is 40.9 Å². The third-order valence-corrected chi connectivity index (χ3v) is 8.27. The first-order chi connectivity index (χ1) is 22.2. The van der Waals surface area contributed by atoms with Gasteiger partial charge in [-0.15, -0.1) is 0 Å². The van der Waals surface area contributed by atoms with Crippen LogP contribution in [-0.2, 0) is 6.42 Å². The Labute approximate surface area is 267 Å². The fourth-order valence-electron chi connectivity index (χ4n) is 6.13. The first kappa shape index (κ1) is 29.6. The molecule has 0 aliphatic heterocycles. The van der Waals surface area contributed by atoms with Gasteiger partial charge in [0.25, 0.3) is 0 Å². The van der Waals surface area contributed by atoms with E-state index in [2.05, 4.69) is 139 Å². The van der Waals surface area contributed by atoms with Gasteiger partial charge in [0.1, 0.15) is 6.17 Å². The highest BCUT2D eigenvalue weighted by molar-refractivity contribution is 5.95. The van der Waals surface area contributed by atoms with Crippen molar-refractivity contribution in [3.63, 3.8) is 0 Å². The van der Waals surface area contributed by atoms with Crippen molar-refractivity contribution in [3.8, 4) is 33.4 Å². The topological polar surface area (TPSA) is 24.4 Å². The quantitative estimate of drug-likeness (QED) is 0.126. The Morgan fingerprint density at radius 3 is 2.22 bits per heavy atom. The van der Waals surface area contributed by atoms with Gasteiger partial charge in [-0.25, -0.2) is 0 Å². The molecule has 5 aromatic carbocycles. The number of hydrogen-bond acceptors (Lipinski definition) is 2. The van der Waals surface area contributed by atoms with Crippen LogP contribution in [0.2, 0.25) is 0 Å². The molecule has 0 saturated heterocycles. The lowest BCUT2D eigenvalue weighted by Crippen LogP contribution is -2.18. The maximum absolute atomic E-state index is 4.54. The number of nitrogens with one attached hydrogen (secondary N) is 1. The Hall–Kier alpha value is -5.47. The summed E-state index contributed by atoms with van der Waals surface area (Å²) in [5.74, 6) is 0. The van der Waals surface area contributed by atoms with Crippen LogP contribution in [0.4, 0.5) is 0 Å². The number of benzene rings is 5. The van der Waals surface area contributed by atoms with Crippen LogP contribution in [0.25, 0.3) is 39.1 Å². The highest BCUT2D eigenvalue weighted by atomic mass is 15.1. The van der Waals surface area contributed by atoms with Gasteiger partial charge in [-0.05, 0) is 94.8 Å². The van der Waals surface area contributed by atoms with E-state index < -0.39 is 0 Å². The van der Waals surface area contributed by atoms with E-state index in [4.69, 9.17) is 0 Å². The number of hydrogen-bond donors (Lipinski definition) is 1. The maximum atomic E-state index is 4.54. The zero-order valence-corrected chi connectivity index (χ0v) is 25.9. The number of rotatable bonds is 10. The van der Waals surface area contributed by atoms with E-state index in [0.717, 1.165) is 23.2 Å². The van der Waals surface area contributed by atoms with Crippen LogP contribution < -0.4 is 5.32 Å². The van der Waals surface area contributed by atoms with Gasteiger partial charge in [0.15, 0.2) is 0 Å². The molecule has 220 valence electrons. The smallest absolute Gasteiger partial charge is 0.143 e. The summed E-state index contributed by atoms with van der Waals surface area (Å²) in [5.41, 5.74) is 14.8. The molecule has 0 fully saturated rings. The lowest BCUT2D eigenvalue weighted by atomic mass is 9.88. The van der Waals surface area contributed by atoms with Crippen LogP contribution in [-0.4, -0.2) is 6.72 Å². The van der Waals surface area contributed by atoms with E-state index in [1.807, 2.05) is 49.4 Å². The molecule has 0 aromatic heterocycles. The molecule has 1 aliphatic carbocycles. The molecule has 1 unspecified atom stereocenters. The summed E-state index contributed by atoms with van der Waals surface area (Å²) in [7, 11) is 0. The van der Waals surface area contributed by atoms with Crippen LogP contribution >= 0.6 is 0 Å². The molecule has 0 amide bonds. The SMILES string of the molecule is C=NC(N\C(=C/C=C\C=C/C=C/C)c1ccccc1)c1cccc(-c2ccc(-c3cccc(C)c3)c3c2Cc2ccccc2-3)c1. The summed E-state index contributed by atoms with van der Waals surface area (Å²) in [4.78, 5) is 4.54. The van der Waals surface area contributed by atoms with Gasteiger partial charge in [-0.1, -0.05) is 151 Å². The van der Waals surface area contributed by atoms with Crippen LogP contribution in [0.5, 0.6) is 0 Å². The summed E-state index contributed by atoms with van der Waals surface area (Å²) < 4.78 is 0. The van der Waals surface area contributed by atoms with Gasteiger partial charge in [0, 0.05) is 5.70 Å². The van der Waals surface area contributed by atoms with Crippen molar-refractivity contribution in [3.05, 3.63) is 186 Å². The van der Waals surface area contributed by atoms with E-state index in [1.165, 1.54) is 50.1 Å². The molecular weight excluding hydrogens is 544 g/mol. The molecule has 1 N–H and O–H groups in total. The van der Waals surface area contributed by atoms with Crippen LogP contribution in [0, 0.1) is 6.92 Å². The highest BCUT2D eigenvalue weighted by Gasteiger charge is 2.25. The predicted molar refractivity (Wildman–Crippen MR) is 193 cm³/mol. The minimum absolute atomic E-state index is 0.319. The van der Waals surface area contributed by atoms with Gasteiger partial charge in [0.05, 0.1) is 0 Å². The molecule has 1 atom stereocenters. The predicted octanol–water partition coefficient (Wildman–Crippen LogP) is 10.9. The summed E-state index contributed by atoms with van der Waals surface area (Å²) in [6, 6.07) is 41.3. The zero-order chi connectivity index (χ0) is 31.0. The fourth-order valence-corrected chi connectivity index (χ4v) is 6.13. The van der Waals surface area contributed by atoms with E-state index in [9.17, 15) is 0 Å². The third-order valence-electron chi connectivity index (χ3n) is 8.27. The molecule has 2 nitrogen and oxygen atoms in total. The molecule has 0 radical (unpaired) electrons. The Balaban J connectivity index is 1.37. The normalized spacial score (nSPS) is 13.3. The lowest BCUT2D eigenvalue weighted by Gasteiger charge is -2.20. The maximum Gasteiger partial charge on any atom is 0.143 e. The Bertz CT molecular complexity index is 1940. The average Bonchev–Trinajstić information content (AvgIpc) is 3.47. The van der Waals surface area contributed by atoms with Gasteiger partial charge in [-0.3, -0.25) is 4.99 Å². The second-order valence-electron chi connectivity index (χ2n) is 11.3. The summed E-state index contributed by atoms with van der Waals surface area (Å²) in [5, 5.41) is 3.66. The number of aryl methyl sites for hydroxylation is 1. The molecule has 5 aromatic rings. The second kappa shape index (κ2) is 13.9. The van der Waals surface area contributed by atoms with Crippen LogP contribution in [0.15, 0.2) is 163 Å². The molecule has 1 aliphatic rings. The average molecular weight is 583 g/mol. The number of allylic oxidation sites excluding steroid dienone is 7. The van der Waals surface area contributed by atoms with E-state index in [-0.39, 0.29) is 6.17 Å². The standard InChI is InChI=1S/C43H38N2/c1-4-5-6-7-8-12-25-41(32-18-10-9-11-19-32)45-43(44-3)36-23-16-22-34(29-36)37-26-27-39(33-21-15-17-31(2)28-33)42-38-24-14-13-20-35(38)30-40(37)42/h4-29,43,45H,3,30H2,1-2H3/b5-4+,7-6-,12-8-,41-25-. The Kier molecular flexibility index (Phi) is 9.13. The van der Waals surface area contributed by atoms with E-state index in [1.54, 1.807) is 0 Å². The summed E-state index contributed by atoms with van der Waals surface area (Å²) in [6.45, 7) is 8.15. The van der Waals surface area contributed by atoms with Crippen molar-refractivity contribution >= 4 is 12.4 Å². The highest BCUT2D eigenvalue weighted by Crippen LogP contribution is 2.47. The third kappa shape index (κ3) is 6.56. The monoisotopic (exact) mass is 582 g/mol. The Morgan fingerprint density at radius 2 is 1.42 bits per heavy atom. The minimum Gasteiger partial charge on any atom is -0.360 e. The summed E-state index contributed by atoms with van der Waals surface area (Å²) in [6.07, 6.45) is 14.8. The van der Waals surface area contributed by atoms with Crippen molar-refractivity contribution in [1.29, 1.82) is 0 Å². The van der Waals surface area contributed by atoms with Crippen LogP contribution in [0.3, 0.4) is 0 Å². The molecule has 0 heterocycles.